The number of rotatable bonds is 3. The van der Waals surface area contributed by atoms with Crippen LogP contribution in [0.25, 0.3) is 0 Å². The third kappa shape index (κ3) is 2.10. The van der Waals surface area contributed by atoms with Crippen molar-refractivity contribution in [3.05, 3.63) is 11.8 Å². The standard InChI is InChI=1S/C11H19NO2/c1-11(13,9-4-6-14-8-9)7-10-3-2-5-12-10/h8,10,12-13H,2-7H2,1H3. The van der Waals surface area contributed by atoms with Crippen molar-refractivity contribution >= 4 is 0 Å². The molecule has 0 bridgehead atoms. The molecule has 3 nitrogen and oxygen atoms in total. The predicted octanol–water partition coefficient (Wildman–Crippen LogP) is 1.18. The number of hydrogen-bond acceptors (Lipinski definition) is 3. The highest BCUT2D eigenvalue weighted by Gasteiger charge is 2.32. The minimum atomic E-state index is -0.682. The van der Waals surface area contributed by atoms with Crippen LogP contribution in [0.1, 0.15) is 32.6 Å². The molecule has 2 heterocycles. The van der Waals surface area contributed by atoms with Crippen molar-refractivity contribution in [3.8, 4) is 0 Å². The van der Waals surface area contributed by atoms with Gasteiger partial charge in [-0.25, -0.2) is 0 Å². The first-order chi connectivity index (χ1) is 6.68. The average molecular weight is 197 g/mol. The van der Waals surface area contributed by atoms with Crippen LogP contribution in [0.2, 0.25) is 0 Å². The van der Waals surface area contributed by atoms with Crippen LogP contribution in [0.15, 0.2) is 11.8 Å². The molecular weight excluding hydrogens is 178 g/mol. The average Bonchev–Trinajstić information content (AvgIpc) is 2.71. The van der Waals surface area contributed by atoms with E-state index >= 15 is 0 Å². The molecule has 0 aromatic rings. The summed E-state index contributed by atoms with van der Waals surface area (Å²) in [5, 5.41) is 13.7. The molecule has 1 saturated heterocycles. The quantitative estimate of drug-likeness (QED) is 0.714. The van der Waals surface area contributed by atoms with E-state index in [9.17, 15) is 5.11 Å². The smallest absolute Gasteiger partial charge is 0.0912 e. The van der Waals surface area contributed by atoms with E-state index in [1.165, 1.54) is 12.8 Å². The molecule has 2 unspecified atom stereocenters. The Hall–Kier alpha value is -0.540. The van der Waals surface area contributed by atoms with Gasteiger partial charge in [0.05, 0.1) is 18.5 Å². The second kappa shape index (κ2) is 3.91. The molecule has 0 aromatic carbocycles. The number of ether oxygens (including phenoxy) is 1. The summed E-state index contributed by atoms with van der Waals surface area (Å²) in [5.41, 5.74) is 0.365. The van der Waals surface area contributed by atoms with Gasteiger partial charge < -0.3 is 15.2 Å². The van der Waals surface area contributed by atoms with Crippen LogP contribution >= 0.6 is 0 Å². The summed E-state index contributed by atoms with van der Waals surface area (Å²) in [4.78, 5) is 0. The van der Waals surface area contributed by atoms with Gasteiger partial charge >= 0.3 is 0 Å². The van der Waals surface area contributed by atoms with Gasteiger partial charge in [-0.05, 0) is 38.3 Å². The second-order valence-electron chi connectivity index (χ2n) is 4.54. The van der Waals surface area contributed by atoms with E-state index in [4.69, 9.17) is 4.74 Å². The van der Waals surface area contributed by atoms with Gasteiger partial charge in [-0.2, -0.15) is 0 Å². The van der Waals surface area contributed by atoms with Crippen molar-refractivity contribution in [2.45, 2.75) is 44.2 Å². The van der Waals surface area contributed by atoms with Gasteiger partial charge in [-0.1, -0.05) is 0 Å². The normalized spacial score (nSPS) is 31.0. The van der Waals surface area contributed by atoms with Crippen LogP contribution in [0, 0.1) is 0 Å². The molecule has 0 amide bonds. The monoisotopic (exact) mass is 197 g/mol. The predicted molar refractivity (Wildman–Crippen MR) is 54.9 cm³/mol. The summed E-state index contributed by atoms with van der Waals surface area (Å²) >= 11 is 0. The maximum absolute atomic E-state index is 10.3. The minimum Gasteiger partial charge on any atom is -0.501 e. The first-order valence-electron chi connectivity index (χ1n) is 5.45. The van der Waals surface area contributed by atoms with E-state index in [0.717, 1.165) is 31.6 Å². The van der Waals surface area contributed by atoms with Crippen LogP contribution in [0.4, 0.5) is 0 Å². The Balaban J connectivity index is 1.93. The minimum absolute atomic E-state index is 0.478. The van der Waals surface area contributed by atoms with Gasteiger partial charge in [0.1, 0.15) is 0 Å². The fourth-order valence-corrected chi connectivity index (χ4v) is 2.33. The summed E-state index contributed by atoms with van der Waals surface area (Å²) in [5.74, 6) is 0. The van der Waals surface area contributed by atoms with Crippen LogP contribution in [0.5, 0.6) is 0 Å². The lowest BCUT2D eigenvalue weighted by Crippen LogP contribution is -2.35. The van der Waals surface area contributed by atoms with E-state index in [1.807, 2.05) is 6.92 Å². The Kier molecular flexibility index (Phi) is 2.79. The molecule has 2 rings (SSSR count). The molecule has 2 aliphatic rings. The maximum Gasteiger partial charge on any atom is 0.0912 e. The third-order valence-electron chi connectivity index (χ3n) is 3.21. The fourth-order valence-electron chi connectivity index (χ4n) is 2.33. The second-order valence-corrected chi connectivity index (χ2v) is 4.54. The molecule has 3 heteroatoms. The largest absolute Gasteiger partial charge is 0.501 e. The summed E-state index contributed by atoms with van der Waals surface area (Å²) in [7, 11) is 0. The first-order valence-corrected chi connectivity index (χ1v) is 5.45. The molecule has 1 fully saturated rings. The number of nitrogens with one attached hydrogen (secondary N) is 1. The Morgan fingerprint density at radius 2 is 2.57 bits per heavy atom. The van der Waals surface area contributed by atoms with Crippen LogP contribution in [-0.2, 0) is 4.74 Å². The van der Waals surface area contributed by atoms with Gasteiger partial charge in [-0.15, -0.1) is 0 Å². The zero-order valence-corrected chi connectivity index (χ0v) is 8.75. The third-order valence-corrected chi connectivity index (χ3v) is 3.21. The first kappa shape index (κ1) is 9.99. The molecule has 0 aromatic heterocycles. The molecule has 2 atom stereocenters. The summed E-state index contributed by atoms with van der Waals surface area (Å²) in [6.45, 7) is 3.72. The summed E-state index contributed by atoms with van der Waals surface area (Å²) in [6.07, 6.45) is 5.83. The van der Waals surface area contributed by atoms with Gasteiger partial charge in [0.15, 0.2) is 0 Å². The van der Waals surface area contributed by atoms with Crippen molar-refractivity contribution in [2.75, 3.05) is 13.2 Å². The van der Waals surface area contributed by atoms with E-state index in [-0.39, 0.29) is 0 Å². The summed E-state index contributed by atoms with van der Waals surface area (Å²) in [6, 6.07) is 0.478. The van der Waals surface area contributed by atoms with Crippen molar-refractivity contribution in [2.24, 2.45) is 0 Å². The lowest BCUT2D eigenvalue weighted by atomic mass is 9.88. The molecule has 2 aliphatic heterocycles. The Bertz CT molecular complexity index is 229. The van der Waals surface area contributed by atoms with Crippen molar-refractivity contribution in [1.29, 1.82) is 0 Å². The lowest BCUT2D eigenvalue weighted by molar-refractivity contribution is 0.0768. The van der Waals surface area contributed by atoms with Crippen molar-refractivity contribution in [1.82, 2.24) is 5.32 Å². The zero-order chi connectivity index (χ0) is 10.0. The highest BCUT2D eigenvalue weighted by molar-refractivity contribution is 5.16. The van der Waals surface area contributed by atoms with Crippen molar-refractivity contribution < 1.29 is 9.84 Å². The molecule has 80 valence electrons. The van der Waals surface area contributed by atoms with Gasteiger partial charge in [0.25, 0.3) is 0 Å². The van der Waals surface area contributed by atoms with Gasteiger partial charge in [0.2, 0.25) is 0 Å². The van der Waals surface area contributed by atoms with Crippen LogP contribution < -0.4 is 5.32 Å². The number of hydrogen-bond donors (Lipinski definition) is 2. The van der Waals surface area contributed by atoms with Gasteiger partial charge in [0, 0.05) is 12.5 Å². The molecule has 0 aliphatic carbocycles. The maximum atomic E-state index is 10.3. The molecule has 0 spiro atoms. The number of aliphatic hydroxyl groups is 1. The van der Waals surface area contributed by atoms with Crippen LogP contribution in [-0.4, -0.2) is 29.9 Å². The fraction of sp³-hybridized carbons (Fsp3) is 0.818. The van der Waals surface area contributed by atoms with E-state index in [0.29, 0.717) is 6.04 Å². The molecule has 2 N–H and O–H groups in total. The molecule has 0 radical (unpaired) electrons. The highest BCUT2D eigenvalue weighted by atomic mass is 16.5. The lowest BCUT2D eigenvalue weighted by Gasteiger charge is -2.27. The Morgan fingerprint density at radius 3 is 3.14 bits per heavy atom. The molecule has 14 heavy (non-hydrogen) atoms. The van der Waals surface area contributed by atoms with E-state index in [1.54, 1.807) is 6.26 Å². The van der Waals surface area contributed by atoms with Gasteiger partial charge in [-0.3, -0.25) is 0 Å². The Morgan fingerprint density at radius 1 is 1.71 bits per heavy atom. The zero-order valence-electron chi connectivity index (χ0n) is 8.75. The topological polar surface area (TPSA) is 41.5 Å². The van der Waals surface area contributed by atoms with Crippen LogP contribution in [0.3, 0.4) is 0 Å². The molecular formula is C11H19NO2. The SMILES string of the molecule is CC(O)(CC1CCCN1)C1=COCC1. The summed E-state index contributed by atoms with van der Waals surface area (Å²) < 4.78 is 5.17. The van der Waals surface area contributed by atoms with E-state index < -0.39 is 5.60 Å². The van der Waals surface area contributed by atoms with Crippen molar-refractivity contribution in [3.63, 3.8) is 0 Å². The Labute approximate surface area is 85.1 Å². The highest BCUT2D eigenvalue weighted by Crippen LogP contribution is 2.29. The van der Waals surface area contributed by atoms with E-state index in [2.05, 4.69) is 5.32 Å². The molecule has 0 saturated carbocycles.